The molecule has 1 heterocycles. The molecular weight excluding hydrogens is 236 g/mol. The van der Waals surface area contributed by atoms with E-state index in [1.807, 2.05) is 4.57 Å². The molecule has 0 amide bonds. The summed E-state index contributed by atoms with van der Waals surface area (Å²) in [5, 5.41) is 11.8. The van der Waals surface area contributed by atoms with Gasteiger partial charge in [-0.05, 0) is 22.8 Å². The van der Waals surface area contributed by atoms with Crippen molar-refractivity contribution in [1.82, 2.24) is 9.55 Å². The fraction of sp³-hybridized carbons (Fsp3) is 0.188. The molecule has 0 aliphatic rings. The zero-order chi connectivity index (χ0) is 13.1. The molecule has 1 aromatic heterocycles. The molecule has 96 valence electrons. The molecule has 0 aliphatic carbocycles. The van der Waals surface area contributed by atoms with E-state index in [1.165, 1.54) is 16.3 Å². The largest absolute Gasteiger partial charge is 0.390 e. The van der Waals surface area contributed by atoms with Gasteiger partial charge in [0.1, 0.15) is 0 Å². The van der Waals surface area contributed by atoms with Crippen LogP contribution < -0.4 is 0 Å². The van der Waals surface area contributed by atoms with E-state index in [0.29, 0.717) is 0 Å². The zero-order valence-electron chi connectivity index (χ0n) is 10.7. The van der Waals surface area contributed by atoms with E-state index in [1.54, 1.807) is 12.5 Å². The average Bonchev–Trinajstić information content (AvgIpc) is 2.92. The first-order valence-corrected chi connectivity index (χ1v) is 6.45. The highest BCUT2D eigenvalue weighted by atomic mass is 16.3. The van der Waals surface area contributed by atoms with Gasteiger partial charge in [0, 0.05) is 6.54 Å². The summed E-state index contributed by atoms with van der Waals surface area (Å²) in [4.78, 5) is 4.07. The van der Waals surface area contributed by atoms with Crippen molar-refractivity contribution in [1.29, 1.82) is 0 Å². The molecule has 0 fully saturated rings. The van der Waals surface area contributed by atoms with Crippen LogP contribution in [0.15, 0.2) is 55.0 Å². The Balaban J connectivity index is 1.86. The fourth-order valence-corrected chi connectivity index (χ4v) is 2.43. The number of aliphatic hydroxyl groups excluding tert-OH is 1. The number of nitrogens with zero attached hydrogens (tertiary/aromatic N) is 2. The highest BCUT2D eigenvalue weighted by molar-refractivity contribution is 5.85. The predicted molar refractivity (Wildman–Crippen MR) is 75.8 cm³/mol. The number of hydrogen-bond acceptors (Lipinski definition) is 2. The van der Waals surface area contributed by atoms with Gasteiger partial charge in [0.25, 0.3) is 0 Å². The van der Waals surface area contributed by atoms with E-state index >= 15 is 0 Å². The summed E-state index contributed by atoms with van der Waals surface area (Å²) in [6, 6.07) is 14.8. The summed E-state index contributed by atoms with van der Waals surface area (Å²) in [7, 11) is 0. The molecule has 0 saturated carbocycles. The summed E-state index contributed by atoms with van der Waals surface area (Å²) in [5.74, 6) is 0. The van der Waals surface area contributed by atoms with Crippen molar-refractivity contribution in [3.8, 4) is 0 Å². The van der Waals surface area contributed by atoms with Crippen LogP contribution in [0.1, 0.15) is 11.3 Å². The molecule has 3 rings (SSSR count). The lowest BCUT2D eigenvalue weighted by Gasteiger charge is -2.09. The highest BCUT2D eigenvalue weighted by Crippen LogP contribution is 2.19. The first-order chi connectivity index (χ1) is 9.38. The maximum Gasteiger partial charge on any atom is 0.0948 e. The standard InChI is InChI=1S/C16H16N2O/c19-11-15-10-17-12-18(15)9-8-14-6-3-5-13-4-1-2-7-16(13)14/h1-7,10,12,19H,8-9,11H2. The molecule has 0 spiro atoms. The van der Waals surface area contributed by atoms with E-state index in [4.69, 9.17) is 0 Å². The average molecular weight is 252 g/mol. The molecule has 0 radical (unpaired) electrons. The molecular formula is C16H16N2O. The van der Waals surface area contributed by atoms with Crippen LogP contribution in [-0.4, -0.2) is 14.7 Å². The van der Waals surface area contributed by atoms with Crippen molar-refractivity contribution in [2.24, 2.45) is 0 Å². The highest BCUT2D eigenvalue weighted by Gasteiger charge is 2.03. The lowest BCUT2D eigenvalue weighted by Crippen LogP contribution is -2.04. The van der Waals surface area contributed by atoms with Gasteiger partial charge in [-0.3, -0.25) is 0 Å². The lowest BCUT2D eigenvalue weighted by atomic mass is 10.0. The maximum atomic E-state index is 9.22. The first kappa shape index (κ1) is 11.9. The molecule has 3 aromatic rings. The summed E-state index contributed by atoms with van der Waals surface area (Å²) in [6.45, 7) is 0.874. The Hall–Kier alpha value is -2.13. The number of imidazole rings is 1. The predicted octanol–water partition coefficient (Wildman–Crippen LogP) is 2.77. The number of hydrogen-bond donors (Lipinski definition) is 1. The van der Waals surface area contributed by atoms with Crippen molar-refractivity contribution in [2.45, 2.75) is 19.6 Å². The Kier molecular flexibility index (Phi) is 3.29. The number of aromatic nitrogens is 2. The number of aryl methyl sites for hydroxylation is 2. The van der Waals surface area contributed by atoms with Crippen molar-refractivity contribution in [3.05, 3.63) is 66.2 Å². The molecule has 0 bridgehead atoms. The monoisotopic (exact) mass is 252 g/mol. The second-order valence-electron chi connectivity index (χ2n) is 4.62. The van der Waals surface area contributed by atoms with Crippen LogP contribution in [0.4, 0.5) is 0 Å². The Morgan fingerprint density at radius 3 is 2.79 bits per heavy atom. The van der Waals surface area contributed by atoms with E-state index in [0.717, 1.165) is 18.7 Å². The number of fused-ring (bicyclic) bond motifs is 1. The number of aliphatic hydroxyl groups is 1. The van der Waals surface area contributed by atoms with Gasteiger partial charge in [-0.15, -0.1) is 0 Å². The van der Waals surface area contributed by atoms with E-state index < -0.39 is 0 Å². The van der Waals surface area contributed by atoms with E-state index in [-0.39, 0.29) is 6.61 Å². The Labute approximate surface area is 112 Å². The fourth-order valence-electron chi connectivity index (χ4n) is 2.43. The van der Waals surface area contributed by atoms with Crippen molar-refractivity contribution < 1.29 is 5.11 Å². The molecule has 0 unspecified atom stereocenters. The summed E-state index contributed by atoms with van der Waals surface area (Å²) in [5.41, 5.74) is 2.19. The Bertz CT molecular complexity index is 683. The maximum absolute atomic E-state index is 9.22. The van der Waals surface area contributed by atoms with Crippen molar-refractivity contribution in [3.63, 3.8) is 0 Å². The topological polar surface area (TPSA) is 38.1 Å². The molecule has 3 heteroatoms. The van der Waals surface area contributed by atoms with Crippen LogP contribution in [0.3, 0.4) is 0 Å². The van der Waals surface area contributed by atoms with Crippen LogP contribution in [0.2, 0.25) is 0 Å². The second kappa shape index (κ2) is 5.24. The van der Waals surface area contributed by atoms with Crippen LogP contribution in [0.25, 0.3) is 10.8 Å². The van der Waals surface area contributed by atoms with Crippen LogP contribution in [-0.2, 0) is 19.6 Å². The minimum absolute atomic E-state index is 0.0372. The molecule has 1 N–H and O–H groups in total. The SMILES string of the molecule is OCc1cncn1CCc1cccc2ccccc12. The smallest absolute Gasteiger partial charge is 0.0948 e. The van der Waals surface area contributed by atoms with E-state index in [9.17, 15) is 5.11 Å². The first-order valence-electron chi connectivity index (χ1n) is 6.45. The molecule has 0 saturated heterocycles. The number of benzene rings is 2. The van der Waals surface area contributed by atoms with Gasteiger partial charge in [-0.1, -0.05) is 42.5 Å². The van der Waals surface area contributed by atoms with Crippen molar-refractivity contribution in [2.75, 3.05) is 0 Å². The van der Waals surface area contributed by atoms with Gasteiger partial charge in [0.05, 0.1) is 24.8 Å². The third-order valence-electron chi connectivity index (χ3n) is 3.46. The second-order valence-corrected chi connectivity index (χ2v) is 4.62. The zero-order valence-corrected chi connectivity index (χ0v) is 10.7. The molecule has 2 aromatic carbocycles. The molecule has 3 nitrogen and oxygen atoms in total. The summed E-state index contributed by atoms with van der Waals surface area (Å²) in [6.07, 6.45) is 4.42. The third-order valence-corrected chi connectivity index (χ3v) is 3.46. The van der Waals surface area contributed by atoms with Gasteiger partial charge in [0.2, 0.25) is 0 Å². The molecule has 0 atom stereocenters. The normalized spacial score (nSPS) is 11.0. The lowest BCUT2D eigenvalue weighted by molar-refractivity contribution is 0.270. The van der Waals surface area contributed by atoms with Crippen molar-refractivity contribution >= 4 is 10.8 Å². The van der Waals surface area contributed by atoms with Crippen LogP contribution in [0.5, 0.6) is 0 Å². The van der Waals surface area contributed by atoms with Gasteiger partial charge in [-0.25, -0.2) is 4.98 Å². The van der Waals surface area contributed by atoms with Crippen LogP contribution >= 0.6 is 0 Å². The summed E-state index contributed by atoms with van der Waals surface area (Å²) >= 11 is 0. The minimum atomic E-state index is 0.0372. The van der Waals surface area contributed by atoms with E-state index in [2.05, 4.69) is 47.4 Å². The Morgan fingerprint density at radius 2 is 1.89 bits per heavy atom. The summed E-state index contributed by atoms with van der Waals surface area (Å²) < 4.78 is 2.00. The third kappa shape index (κ3) is 2.37. The Morgan fingerprint density at radius 1 is 1.05 bits per heavy atom. The quantitative estimate of drug-likeness (QED) is 0.775. The molecule has 19 heavy (non-hydrogen) atoms. The number of rotatable bonds is 4. The minimum Gasteiger partial charge on any atom is -0.390 e. The molecule has 0 aliphatic heterocycles. The van der Waals surface area contributed by atoms with Gasteiger partial charge in [-0.2, -0.15) is 0 Å². The van der Waals surface area contributed by atoms with Crippen LogP contribution in [0, 0.1) is 0 Å². The van der Waals surface area contributed by atoms with Gasteiger partial charge >= 0.3 is 0 Å². The van der Waals surface area contributed by atoms with Gasteiger partial charge < -0.3 is 9.67 Å². The van der Waals surface area contributed by atoms with Gasteiger partial charge in [0.15, 0.2) is 0 Å².